The summed E-state index contributed by atoms with van der Waals surface area (Å²) in [5.41, 5.74) is -1.67. The second kappa shape index (κ2) is 3.50. The molecule has 0 spiro atoms. The van der Waals surface area contributed by atoms with Crippen molar-refractivity contribution in [3.05, 3.63) is 34.1 Å². The predicted octanol–water partition coefficient (Wildman–Crippen LogP) is 2.99. The molecule has 0 aromatic heterocycles. The van der Waals surface area contributed by atoms with Gasteiger partial charge >= 0.3 is 5.97 Å². The van der Waals surface area contributed by atoms with E-state index in [1.807, 2.05) is 0 Å². The molecule has 2 nitrogen and oxygen atoms in total. The number of hydrogen-bond donors (Lipinski definition) is 1. The Bertz CT molecular complexity index is 479. The topological polar surface area (TPSA) is 37.3 Å². The highest BCUT2D eigenvalue weighted by atomic mass is 19.2. The Morgan fingerprint density at radius 3 is 2.19 bits per heavy atom. The SMILES string of the molecule is Cc1c(F)c(F)c(C2CC2)c(F)c1C(=O)O. The van der Waals surface area contributed by atoms with Gasteiger partial charge in [-0.3, -0.25) is 0 Å². The van der Waals surface area contributed by atoms with E-state index in [-0.39, 0.29) is 5.92 Å². The fourth-order valence-electron chi connectivity index (χ4n) is 1.77. The Balaban J connectivity index is 2.75. The van der Waals surface area contributed by atoms with Gasteiger partial charge < -0.3 is 5.11 Å². The van der Waals surface area contributed by atoms with Gasteiger partial charge in [0.15, 0.2) is 11.6 Å². The molecule has 5 heteroatoms. The molecule has 2 rings (SSSR count). The van der Waals surface area contributed by atoms with E-state index in [0.29, 0.717) is 12.8 Å². The van der Waals surface area contributed by atoms with Crippen molar-refractivity contribution in [2.24, 2.45) is 0 Å². The second-order valence-corrected chi connectivity index (χ2v) is 3.94. The Kier molecular flexibility index (Phi) is 2.40. The summed E-state index contributed by atoms with van der Waals surface area (Å²) in [6, 6.07) is 0. The summed E-state index contributed by atoms with van der Waals surface area (Å²) in [5.74, 6) is -5.60. The van der Waals surface area contributed by atoms with Crippen LogP contribution < -0.4 is 0 Å². The number of carboxylic acid groups (broad SMARTS) is 1. The molecular formula is C11H9F3O2. The molecule has 0 unspecified atom stereocenters. The first-order valence-corrected chi connectivity index (χ1v) is 4.85. The standard InChI is InChI=1S/C11H9F3O2/c1-4-6(11(15)16)9(13)7(5-2-3-5)10(14)8(4)12/h5H,2-3H2,1H3,(H,15,16). The van der Waals surface area contributed by atoms with Crippen molar-refractivity contribution in [2.75, 3.05) is 0 Å². The third-order valence-electron chi connectivity index (χ3n) is 2.79. The van der Waals surface area contributed by atoms with E-state index in [1.54, 1.807) is 0 Å². The number of hydrogen-bond acceptors (Lipinski definition) is 1. The zero-order valence-electron chi connectivity index (χ0n) is 8.48. The van der Waals surface area contributed by atoms with Crippen molar-refractivity contribution >= 4 is 5.97 Å². The monoisotopic (exact) mass is 230 g/mol. The van der Waals surface area contributed by atoms with Gasteiger partial charge in [-0.2, -0.15) is 0 Å². The summed E-state index contributed by atoms with van der Waals surface area (Å²) in [7, 11) is 0. The Labute approximate surface area is 89.7 Å². The minimum Gasteiger partial charge on any atom is -0.478 e. The van der Waals surface area contributed by atoms with E-state index >= 15 is 0 Å². The molecule has 1 fully saturated rings. The first-order chi connectivity index (χ1) is 7.45. The van der Waals surface area contributed by atoms with Gasteiger partial charge in [0, 0.05) is 11.1 Å². The summed E-state index contributed by atoms with van der Waals surface area (Å²) in [5, 5.41) is 8.76. The minimum absolute atomic E-state index is 0.381. The van der Waals surface area contributed by atoms with Crippen LogP contribution >= 0.6 is 0 Å². The number of carboxylic acids is 1. The largest absolute Gasteiger partial charge is 0.478 e. The smallest absolute Gasteiger partial charge is 0.339 e. The van der Waals surface area contributed by atoms with Crippen molar-refractivity contribution in [2.45, 2.75) is 25.7 Å². The second-order valence-electron chi connectivity index (χ2n) is 3.94. The lowest BCUT2D eigenvalue weighted by Gasteiger charge is -2.10. The number of carbonyl (C=O) groups is 1. The van der Waals surface area contributed by atoms with E-state index in [9.17, 15) is 18.0 Å². The van der Waals surface area contributed by atoms with Crippen molar-refractivity contribution in [1.29, 1.82) is 0 Å². The van der Waals surface area contributed by atoms with Gasteiger partial charge in [-0.1, -0.05) is 0 Å². The fraction of sp³-hybridized carbons (Fsp3) is 0.364. The highest BCUT2D eigenvalue weighted by molar-refractivity contribution is 5.90. The molecule has 1 saturated carbocycles. The van der Waals surface area contributed by atoms with Crippen LogP contribution in [0.2, 0.25) is 0 Å². The quantitative estimate of drug-likeness (QED) is 0.793. The van der Waals surface area contributed by atoms with E-state index in [0.717, 1.165) is 6.92 Å². The van der Waals surface area contributed by atoms with Crippen LogP contribution in [0, 0.1) is 24.4 Å². The van der Waals surface area contributed by atoms with Gasteiger partial charge in [0.25, 0.3) is 0 Å². The highest BCUT2D eigenvalue weighted by Crippen LogP contribution is 2.44. The number of benzene rings is 1. The molecule has 1 N–H and O–H groups in total. The molecule has 0 saturated heterocycles. The van der Waals surface area contributed by atoms with Gasteiger partial charge in [-0.15, -0.1) is 0 Å². The summed E-state index contributed by atoms with van der Waals surface area (Å²) in [4.78, 5) is 10.8. The molecule has 0 aliphatic heterocycles. The Morgan fingerprint density at radius 2 is 1.75 bits per heavy atom. The van der Waals surface area contributed by atoms with E-state index in [4.69, 9.17) is 5.11 Å². The average molecular weight is 230 g/mol. The maximum absolute atomic E-state index is 13.7. The summed E-state index contributed by atoms with van der Waals surface area (Å²) in [6.07, 6.45) is 1.13. The molecule has 1 aliphatic carbocycles. The zero-order chi connectivity index (χ0) is 12.0. The maximum Gasteiger partial charge on any atom is 0.339 e. The van der Waals surface area contributed by atoms with E-state index in [1.165, 1.54) is 0 Å². The van der Waals surface area contributed by atoms with Crippen molar-refractivity contribution in [1.82, 2.24) is 0 Å². The summed E-state index contributed by atoms with van der Waals surface area (Å²) in [6.45, 7) is 1.06. The normalized spacial score (nSPS) is 15.2. The number of aromatic carboxylic acids is 1. The molecule has 86 valence electrons. The third kappa shape index (κ3) is 1.47. The van der Waals surface area contributed by atoms with Crippen molar-refractivity contribution < 1.29 is 23.1 Å². The van der Waals surface area contributed by atoms with Gasteiger partial charge in [0.1, 0.15) is 11.4 Å². The molecule has 0 bridgehead atoms. The average Bonchev–Trinajstić information content (AvgIpc) is 2.98. The van der Waals surface area contributed by atoms with Gasteiger partial charge in [-0.05, 0) is 25.7 Å². The lowest BCUT2D eigenvalue weighted by Crippen LogP contribution is -2.11. The van der Waals surface area contributed by atoms with Crippen LogP contribution in [0.4, 0.5) is 13.2 Å². The molecule has 0 amide bonds. The third-order valence-corrected chi connectivity index (χ3v) is 2.79. The first kappa shape index (κ1) is 11.0. The molecule has 16 heavy (non-hydrogen) atoms. The molecule has 0 heterocycles. The van der Waals surface area contributed by atoms with Crippen LogP contribution in [0.3, 0.4) is 0 Å². The lowest BCUT2D eigenvalue weighted by atomic mass is 9.99. The van der Waals surface area contributed by atoms with Crippen molar-refractivity contribution in [3.63, 3.8) is 0 Å². The van der Waals surface area contributed by atoms with Crippen LogP contribution in [0.5, 0.6) is 0 Å². The first-order valence-electron chi connectivity index (χ1n) is 4.85. The molecule has 0 atom stereocenters. The Hall–Kier alpha value is -1.52. The maximum atomic E-state index is 13.7. The van der Waals surface area contributed by atoms with Crippen LogP contribution in [-0.2, 0) is 0 Å². The van der Waals surface area contributed by atoms with E-state index in [2.05, 4.69) is 0 Å². The highest BCUT2D eigenvalue weighted by Gasteiger charge is 2.35. The minimum atomic E-state index is -1.57. The molecule has 1 aromatic carbocycles. The number of rotatable bonds is 2. The predicted molar refractivity (Wildman–Crippen MR) is 50.0 cm³/mol. The summed E-state index contributed by atoms with van der Waals surface area (Å²) < 4.78 is 40.6. The van der Waals surface area contributed by atoms with Crippen molar-refractivity contribution in [3.8, 4) is 0 Å². The van der Waals surface area contributed by atoms with Gasteiger partial charge in [-0.25, -0.2) is 18.0 Å². The van der Waals surface area contributed by atoms with Crippen LogP contribution in [0.25, 0.3) is 0 Å². The fourth-order valence-corrected chi connectivity index (χ4v) is 1.77. The van der Waals surface area contributed by atoms with Crippen LogP contribution in [0.1, 0.15) is 40.2 Å². The van der Waals surface area contributed by atoms with E-state index < -0.39 is 40.1 Å². The molecule has 0 radical (unpaired) electrons. The molecule has 1 aliphatic rings. The van der Waals surface area contributed by atoms with Gasteiger partial charge in [0.2, 0.25) is 0 Å². The zero-order valence-corrected chi connectivity index (χ0v) is 8.48. The molecular weight excluding hydrogens is 221 g/mol. The Morgan fingerprint density at radius 1 is 1.19 bits per heavy atom. The van der Waals surface area contributed by atoms with Crippen LogP contribution in [-0.4, -0.2) is 11.1 Å². The molecule has 1 aromatic rings. The summed E-state index contributed by atoms with van der Waals surface area (Å²) >= 11 is 0. The lowest BCUT2D eigenvalue weighted by molar-refractivity contribution is 0.0689. The number of halogens is 3. The van der Waals surface area contributed by atoms with Gasteiger partial charge in [0.05, 0.1) is 0 Å². The van der Waals surface area contributed by atoms with Crippen LogP contribution in [0.15, 0.2) is 0 Å².